The molecule has 0 bridgehead atoms. The molecule has 0 unspecified atom stereocenters. The number of nitrogens with one attached hydrogen (secondary N) is 1. The Balaban J connectivity index is 1.89. The van der Waals surface area contributed by atoms with Crippen LogP contribution in [0.15, 0.2) is 36.4 Å². The lowest BCUT2D eigenvalue weighted by Crippen LogP contribution is -2.27. The minimum Gasteiger partial charge on any atom is -0.465 e. The van der Waals surface area contributed by atoms with Gasteiger partial charge in [0.2, 0.25) is 0 Å². The van der Waals surface area contributed by atoms with Gasteiger partial charge in [0.15, 0.2) is 0 Å². The summed E-state index contributed by atoms with van der Waals surface area (Å²) >= 11 is 6.03. The molecule has 0 aliphatic heterocycles. The highest BCUT2D eigenvalue weighted by Gasteiger charge is 2.29. The van der Waals surface area contributed by atoms with Crippen LogP contribution in [0.4, 0.5) is 4.39 Å². The second-order valence-electron chi connectivity index (χ2n) is 5.56. The van der Waals surface area contributed by atoms with Gasteiger partial charge in [0, 0.05) is 0 Å². The van der Waals surface area contributed by atoms with Crippen LogP contribution in [0.3, 0.4) is 0 Å². The van der Waals surface area contributed by atoms with E-state index in [1.165, 1.54) is 13.2 Å². The minimum absolute atomic E-state index is 0.132. The lowest BCUT2D eigenvalue weighted by atomic mass is 10.0. The molecule has 24 heavy (non-hydrogen) atoms. The van der Waals surface area contributed by atoms with E-state index in [0.717, 1.165) is 0 Å². The Bertz CT molecular complexity index is 822. The van der Waals surface area contributed by atoms with Gasteiger partial charge in [0.25, 0.3) is 5.91 Å². The van der Waals surface area contributed by atoms with Crippen LogP contribution in [0.1, 0.15) is 44.3 Å². The summed E-state index contributed by atoms with van der Waals surface area (Å²) in [6, 6.07) is 9.09. The summed E-state index contributed by atoms with van der Waals surface area (Å²) in [6.07, 6.45) is 1.06. The maximum atomic E-state index is 14.2. The summed E-state index contributed by atoms with van der Waals surface area (Å²) in [5.41, 5.74) is 1.62. The predicted molar refractivity (Wildman–Crippen MR) is 87.7 cm³/mol. The molecule has 0 radical (unpaired) electrons. The van der Waals surface area contributed by atoms with Gasteiger partial charge in [-0.3, -0.25) is 4.79 Å². The third-order valence-electron chi connectivity index (χ3n) is 4.13. The maximum Gasteiger partial charge on any atom is 0.337 e. The van der Waals surface area contributed by atoms with Gasteiger partial charge in [0.1, 0.15) is 5.82 Å². The Morgan fingerprint density at radius 2 is 2.04 bits per heavy atom. The second-order valence-corrected chi connectivity index (χ2v) is 5.97. The third kappa shape index (κ3) is 2.99. The number of carbonyl (C=O) groups is 2. The smallest absolute Gasteiger partial charge is 0.337 e. The zero-order chi connectivity index (χ0) is 17.3. The summed E-state index contributed by atoms with van der Waals surface area (Å²) < 4.78 is 18.8. The fourth-order valence-electron chi connectivity index (χ4n) is 2.94. The first kappa shape index (κ1) is 16.5. The normalized spacial score (nSPS) is 15.7. The highest BCUT2D eigenvalue weighted by Crippen LogP contribution is 2.34. The van der Waals surface area contributed by atoms with E-state index in [-0.39, 0.29) is 17.5 Å². The van der Waals surface area contributed by atoms with E-state index in [4.69, 9.17) is 11.6 Å². The van der Waals surface area contributed by atoms with Gasteiger partial charge in [-0.2, -0.15) is 0 Å². The Morgan fingerprint density at radius 3 is 2.75 bits per heavy atom. The molecule has 0 saturated heterocycles. The number of benzene rings is 2. The summed E-state index contributed by atoms with van der Waals surface area (Å²) in [6.45, 7) is 0. The van der Waals surface area contributed by atoms with Crippen LogP contribution in [-0.2, 0) is 11.2 Å². The van der Waals surface area contributed by atoms with Crippen LogP contribution in [-0.4, -0.2) is 19.0 Å². The summed E-state index contributed by atoms with van der Waals surface area (Å²) in [5, 5.41) is 3.21. The van der Waals surface area contributed by atoms with E-state index < -0.39 is 11.8 Å². The summed E-state index contributed by atoms with van der Waals surface area (Å²) in [7, 11) is 1.24. The lowest BCUT2D eigenvalue weighted by molar-refractivity contribution is 0.0600. The van der Waals surface area contributed by atoms with E-state index in [9.17, 15) is 14.0 Å². The number of carbonyl (C=O) groups excluding carboxylic acids is 2. The van der Waals surface area contributed by atoms with Crippen molar-refractivity contribution in [2.75, 3.05) is 7.11 Å². The van der Waals surface area contributed by atoms with Gasteiger partial charge in [-0.15, -0.1) is 0 Å². The number of amides is 1. The zero-order valence-corrected chi connectivity index (χ0v) is 13.7. The van der Waals surface area contributed by atoms with Crippen LogP contribution in [0.25, 0.3) is 0 Å². The molecule has 0 heterocycles. The molecule has 1 atom stereocenters. The van der Waals surface area contributed by atoms with Crippen LogP contribution in [0.5, 0.6) is 0 Å². The molecule has 1 amide bonds. The molecule has 3 rings (SSSR count). The fourth-order valence-corrected chi connectivity index (χ4v) is 3.17. The molecule has 0 fully saturated rings. The highest BCUT2D eigenvalue weighted by atomic mass is 35.5. The Hall–Kier alpha value is -2.40. The molecule has 0 saturated carbocycles. The Labute approximate surface area is 143 Å². The maximum absolute atomic E-state index is 14.2. The summed E-state index contributed by atoms with van der Waals surface area (Å²) in [5.74, 6) is -1.40. The first-order valence-electron chi connectivity index (χ1n) is 7.47. The van der Waals surface area contributed by atoms with Crippen molar-refractivity contribution < 1.29 is 18.7 Å². The van der Waals surface area contributed by atoms with Gasteiger partial charge in [0.05, 0.1) is 29.3 Å². The van der Waals surface area contributed by atoms with Crippen molar-refractivity contribution in [2.45, 2.75) is 18.9 Å². The van der Waals surface area contributed by atoms with E-state index in [1.54, 1.807) is 30.3 Å². The largest absolute Gasteiger partial charge is 0.465 e. The monoisotopic (exact) mass is 347 g/mol. The van der Waals surface area contributed by atoms with Crippen LogP contribution >= 0.6 is 11.6 Å². The van der Waals surface area contributed by atoms with E-state index in [0.29, 0.717) is 34.6 Å². The predicted octanol–water partition coefficient (Wildman–Crippen LogP) is 3.68. The second kappa shape index (κ2) is 6.61. The molecule has 1 N–H and O–H groups in total. The highest BCUT2D eigenvalue weighted by molar-refractivity contribution is 6.33. The van der Waals surface area contributed by atoms with Crippen LogP contribution < -0.4 is 5.32 Å². The minimum atomic E-state index is -0.611. The van der Waals surface area contributed by atoms with Crippen molar-refractivity contribution in [1.82, 2.24) is 5.32 Å². The molecule has 1 aliphatic rings. The lowest BCUT2D eigenvalue weighted by Gasteiger charge is -2.15. The number of esters is 1. The third-order valence-corrected chi connectivity index (χ3v) is 4.46. The van der Waals surface area contributed by atoms with Crippen molar-refractivity contribution in [3.05, 3.63) is 69.5 Å². The van der Waals surface area contributed by atoms with Crippen molar-refractivity contribution in [2.24, 2.45) is 0 Å². The molecule has 2 aromatic rings. The zero-order valence-electron chi connectivity index (χ0n) is 12.9. The molecular formula is C18H15ClFNO3. The van der Waals surface area contributed by atoms with Gasteiger partial charge in [-0.05, 0) is 48.2 Å². The molecule has 6 heteroatoms. The SMILES string of the molecule is COC(=O)c1cc(F)c2c(c1)[C@H](NC(=O)c1ccccc1Cl)CC2. The Morgan fingerprint density at radius 1 is 1.29 bits per heavy atom. The van der Waals surface area contributed by atoms with E-state index in [1.807, 2.05) is 0 Å². The number of halogens is 2. The van der Waals surface area contributed by atoms with Gasteiger partial charge < -0.3 is 10.1 Å². The average molecular weight is 348 g/mol. The van der Waals surface area contributed by atoms with Gasteiger partial charge in [-0.1, -0.05) is 23.7 Å². The van der Waals surface area contributed by atoms with Crippen LogP contribution in [0.2, 0.25) is 5.02 Å². The van der Waals surface area contributed by atoms with Crippen molar-refractivity contribution in [3.63, 3.8) is 0 Å². The quantitative estimate of drug-likeness (QED) is 0.862. The number of hydrogen-bond donors (Lipinski definition) is 1. The first-order valence-corrected chi connectivity index (χ1v) is 7.85. The van der Waals surface area contributed by atoms with E-state index in [2.05, 4.69) is 10.1 Å². The van der Waals surface area contributed by atoms with Crippen LogP contribution in [0, 0.1) is 5.82 Å². The molecular weight excluding hydrogens is 333 g/mol. The Kier molecular flexibility index (Phi) is 4.53. The number of methoxy groups -OCH3 is 1. The number of rotatable bonds is 3. The van der Waals surface area contributed by atoms with Gasteiger partial charge >= 0.3 is 5.97 Å². The molecule has 4 nitrogen and oxygen atoms in total. The number of hydrogen-bond acceptors (Lipinski definition) is 3. The van der Waals surface area contributed by atoms with Gasteiger partial charge in [-0.25, -0.2) is 9.18 Å². The number of fused-ring (bicyclic) bond motifs is 1. The average Bonchev–Trinajstić information content (AvgIpc) is 2.98. The van der Waals surface area contributed by atoms with Crippen molar-refractivity contribution in [1.29, 1.82) is 0 Å². The van der Waals surface area contributed by atoms with Crippen molar-refractivity contribution in [3.8, 4) is 0 Å². The topological polar surface area (TPSA) is 55.4 Å². The molecule has 124 valence electrons. The molecule has 0 aromatic heterocycles. The number of ether oxygens (including phenoxy) is 1. The van der Waals surface area contributed by atoms with E-state index >= 15 is 0 Å². The molecule has 0 spiro atoms. The first-order chi connectivity index (χ1) is 11.5. The van der Waals surface area contributed by atoms with Crippen molar-refractivity contribution >= 4 is 23.5 Å². The fraction of sp³-hybridized carbons (Fsp3) is 0.222. The molecule has 1 aliphatic carbocycles. The molecule has 2 aromatic carbocycles. The standard InChI is InChI=1S/C18H15ClFNO3/c1-24-18(23)10-8-13-11(15(20)9-10)6-7-16(13)21-17(22)12-4-2-3-5-14(12)19/h2-5,8-9,16H,6-7H2,1H3,(H,21,22)/t16-/m1/s1. The summed E-state index contributed by atoms with van der Waals surface area (Å²) in [4.78, 5) is 24.1.